The minimum atomic E-state index is -4.47. The summed E-state index contributed by atoms with van der Waals surface area (Å²) < 4.78 is 71.8. The molecule has 9 heteroatoms. The van der Waals surface area contributed by atoms with E-state index in [2.05, 4.69) is 10.3 Å². The van der Waals surface area contributed by atoms with Gasteiger partial charge in [-0.05, 0) is 23.9 Å². The number of hydrogen-bond acceptors (Lipinski definition) is 3. The molecule has 0 spiro atoms. The summed E-state index contributed by atoms with van der Waals surface area (Å²) in [6.45, 7) is -0.0391. The van der Waals surface area contributed by atoms with Gasteiger partial charge in [0.1, 0.15) is 5.82 Å². The van der Waals surface area contributed by atoms with Crippen LogP contribution in [0, 0.1) is 0 Å². The molecule has 0 saturated carbocycles. The van der Waals surface area contributed by atoms with Crippen molar-refractivity contribution in [2.75, 3.05) is 17.6 Å². The monoisotopic (exact) mass is 290 g/mol. The number of nitrogens with zero attached hydrogens (tertiary/aromatic N) is 1. The Kier molecular flexibility index (Phi) is 4.71. The fourth-order valence-corrected chi connectivity index (χ4v) is 1.45. The molecule has 1 aromatic rings. The molecule has 18 heavy (non-hydrogen) atoms. The Bertz CT molecular complexity index is 372. The first-order valence-electron chi connectivity index (χ1n) is 4.66. The molecule has 0 amide bonds. The molecule has 0 aliphatic carbocycles. The van der Waals surface area contributed by atoms with E-state index in [-0.39, 0.29) is 29.9 Å². The summed E-state index contributed by atoms with van der Waals surface area (Å²) in [7, 11) is 0. The highest BCUT2D eigenvalue weighted by Gasteiger charge is 2.30. The Balaban J connectivity index is 2.41. The molecule has 0 unspecified atom stereocenters. The topological polar surface area (TPSA) is 24.9 Å². The van der Waals surface area contributed by atoms with Gasteiger partial charge >= 0.3 is 11.7 Å². The van der Waals surface area contributed by atoms with Crippen molar-refractivity contribution in [1.29, 1.82) is 0 Å². The summed E-state index contributed by atoms with van der Waals surface area (Å²) in [4.78, 5) is 3.46. The Morgan fingerprint density at radius 3 is 2.22 bits per heavy atom. The maximum absolute atomic E-state index is 12.2. The second kappa shape index (κ2) is 5.68. The van der Waals surface area contributed by atoms with Crippen LogP contribution in [0.1, 0.15) is 5.56 Å². The summed E-state index contributed by atoms with van der Waals surface area (Å²) in [5, 5.41) is 2.50. The number of nitrogens with one attached hydrogen (secondary N) is 1. The molecule has 2 nitrogen and oxygen atoms in total. The zero-order valence-corrected chi connectivity index (χ0v) is 9.59. The first kappa shape index (κ1) is 14.9. The van der Waals surface area contributed by atoms with Crippen LogP contribution >= 0.6 is 11.8 Å². The first-order valence-corrected chi connectivity index (χ1v) is 5.65. The van der Waals surface area contributed by atoms with Gasteiger partial charge in [-0.1, -0.05) is 0 Å². The van der Waals surface area contributed by atoms with Crippen molar-refractivity contribution in [3.63, 3.8) is 0 Å². The maximum Gasteiger partial charge on any atom is 0.441 e. The molecule has 0 bridgehead atoms. The lowest BCUT2D eigenvalue weighted by Gasteiger charge is -2.09. The van der Waals surface area contributed by atoms with Crippen LogP contribution in [0.25, 0.3) is 0 Å². The number of rotatable bonds is 4. The molecule has 0 saturated heterocycles. The van der Waals surface area contributed by atoms with Crippen LogP contribution in [0.4, 0.5) is 32.2 Å². The van der Waals surface area contributed by atoms with Crippen molar-refractivity contribution in [3.8, 4) is 0 Å². The SMILES string of the molecule is FC(F)(F)SCCNc1ccc(C(F)(F)F)cn1. The lowest BCUT2D eigenvalue weighted by atomic mass is 10.3. The van der Waals surface area contributed by atoms with E-state index >= 15 is 0 Å². The zero-order chi connectivity index (χ0) is 13.8. The predicted octanol–water partition coefficient (Wildman–Crippen LogP) is 3.77. The third kappa shape index (κ3) is 5.48. The van der Waals surface area contributed by atoms with E-state index in [0.717, 1.165) is 12.1 Å². The van der Waals surface area contributed by atoms with Gasteiger partial charge in [0, 0.05) is 18.5 Å². The number of hydrogen-bond donors (Lipinski definition) is 1. The van der Waals surface area contributed by atoms with Gasteiger partial charge in [0.05, 0.1) is 5.56 Å². The fourth-order valence-electron chi connectivity index (χ4n) is 1.01. The van der Waals surface area contributed by atoms with Crippen molar-refractivity contribution in [3.05, 3.63) is 23.9 Å². The van der Waals surface area contributed by atoms with E-state index in [1.807, 2.05) is 0 Å². The Hall–Kier alpha value is -1.12. The number of aromatic nitrogens is 1. The molecule has 0 aromatic carbocycles. The van der Waals surface area contributed by atoms with Crippen LogP contribution in [0.2, 0.25) is 0 Å². The average molecular weight is 290 g/mol. The molecule has 102 valence electrons. The predicted molar refractivity (Wildman–Crippen MR) is 56.2 cm³/mol. The van der Waals surface area contributed by atoms with Gasteiger partial charge in [0.15, 0.2) is 0 Å². The van der Waals surface area contributed by atoms with Gasteiger partial charge in [0.25, 0.3) is 0 Å². The van der Waals surface area contributed by atoms with Gasteiger partial charge in [-0.2, -0.15) is 26.3 Å². The number of pyridine rings is 1. The third-order valence-corrected chi connectivity index (χ3v) is 2.50. The largest absolute Gasteiger partial charge is 0.441 e. The minimum Gasteiger partial charge on any atom is -0.369 e. The van der Waals surface area contributed by atoms with Crippen LogP contribution in [-0.4, -0.2) is 22.8 Å². The molecule has 0 aliphatic heterocycles. The Morgan fingerprint density at radius 1 is 1.11 bits per heavy atom. The third-order valence-electron chi connectivity index (χ3n) is 1.76. The van der Waals surface area contributed by atoms with Gasteiger partial charge in [-0.3, -0.25) is 0 Å². The molecular formula is C9H8F6N2S. The molecule has 1 aromatic heterocycles. The summed E-state index contributed by atoms with van der Waals surface area (Å²) in [5.41, 5.74) is -5.22. The molecule has 0 aliphatic rings. The van der Waals surface area contributed by atoms with Crippen molar-refractivity contribution in [1.82, 2.24) is 4.98 Å². The van der Waals surface area contributed by atoms with Crippen LogP contribution < -0.4 is 5.32 Å². The normalized spacial score (nSPS) is 12.6. The number of thioether (sulfide) groups is 1. The minimum absolute atomic E-state index is 0.0391. The smallest absolute Gasteiger partial charge is 0.369 e. The van der Waals surface area contributed by atoms with Gasteiger partial charge in [-0.25, -0.2) is 4.98 Å². The van der Waals surface area contributed by atoms with E-state index in [0.29, 0.717) is 6.20 Å². The van der Waals surface area contributed by atoms with Crippen LogP contribution in [0.15, 0.2) is 18.3 Å². The van der Waals surface area contributed by atoms with E-state index in [9.17, 15) is 26.3 Å². The highest BCUT2D eigenvalue weighted by molar-refractivity contribution is 8.00. The van der Waals surface area contributed by atoms with Crippen molar-refractivity contribution >= 4 is 17.6 Å². The van der Waals surface area contributed by atoms with E-state index in [1.54, 1.807) is 0 Å². The standard InChI is InChI=1S/C9H8F6N2S/c10-8(11,12)6-1-2-7(17-5-6)16-3-4-18-9(13,14)15/h1-2,5H,3-4H2,(H,16,17). The maximum atomic E-state index is 12.2. The zero-order valence-electron chi connectivity index (χ0n) is 8.77. The second-order valence-electron chi connectivity index (χ2n) is 3.15. The van der Waals surface area contributed by atoms with Gasteiger partial charge in [0.2, 0.25) is 0 Å². The van der Waals surface area contributed by atoms with Crippen molar-refractivity contribution in [2.45, 2.75) is 11.7 Å². The second-order valence-corrected chi connectivity index (χ2v) is 4.31. The number of anilines is 1. The molecular weight excluding hydrogens is 282 g/mol. The Morgan fingerprint density at radius 2 is 1.78 bits per heavy atom. The van der Waals surface area contributed by atoms with E-state index in [4.69, 9.17) is 0 Å². The van der Waals surface area contributed by atoms with Crippen LogP contribution in [0.3, 0.4) is 0 Å². The molecule has 1 heterocycles. The lowest BCUT2D eigenvalue weighted by Crippen LogP contribution is -2.11. The summed E-state index contributed by atoms with van der Waals surface area (Å²) >= 11 is -0.210. The summed E-state index contributed by atoms with van der Waals surface area (Å²) in [6, 6.07) is 1.88. The fraction of sp³-hybridized carbons (Fsp3) is 0.444. The average Bonchev–Trinajstić information content (AvgIpc) is 2.22. The van der Waals surface area contributed by atoms with Crippen molar-refractivity contribution in [2.24, 2.45) is 0 Å². The summed E-state index contributed by atoms with van der Waals surface area (Å²) in [6.07, 6.45) is -3.85. The highest BCUT2D eigenvalue weighted by atomic mass is 32.2. The number of alkyl halides is 6. The molecule has 1 N–H and O–H groups in total. The van der Waals surface area contributed by atoms with Crippen LogP contribution in [0.5, 0.6) is 0 Å². The number of halogens is 6. The molecule has 1 rings (SSSR count). The lowest BCUT2D eigenvalue weighted by molar-refractivity contribution is -0.137. The quantitative estimate of drug-likeness (QED) is 0.675. The van der Waals surface area contributed by atoms with Crippen LogP contribution in [-0.2, 0) is 6.18 Å². The van der Waals surface area contributed by atoms with Gasteiger partial charge < -0.3 is 5.32 Å². The van der Waals surface area contributed by atoms with E-state index < -0.39 is 17.2 Å². The molecule has 0 radical (unpaired) electrons. The highest BCUT2D eigenvalue weighted by Crippen LogP contribution is 2.30. The first-order chi connectivity index (χ1) is 8.18. The van der Waals surface area contributed by atoms with E-state index in [1.165, 1.54) is 0 Å². The molecule has 0 atom stereocenters. The Labute approximate surface area is 103 Å². The molecule has 0 fully saturated rings. The summed E-state index contributed by atoms with van der Waals surface area (Å²) in [5.74, 6) is -0.141. The van der Waals surface area contributed by atoms with Gasteiger partial charge in [-0.15, -0.1) is 0 Å². The van der Waals surface area contributed by atoms with Crippen molar-refractivity contribution < 1.29 is 26.3 Å².